The summed E-state index contributed by atoms with van der Waals surface area (Å²) >= 11 is 0. The number of aliphatic carboxylic acids is 2. The summed E-state index contributed by atoms with van der Waals surface area (Å²) in [4.78, 5) is 61.5. The fraction of sp³-hybridized carbons (Fsp3) is 0.560. The molecule has 0 aliphatic rings. The van der Waals surface area contributed by atoms with E-state index in [-0.39, 0.29) is 24.7 Å². The maximum atomic E-state index is 13.1. The van der Waals surface area contributed by atoms with Crippen LogP contribution in [0.5, 0.6) is 0 Å². The van der Waals surface area contributed by atoms with E-state index >= 15 is 0 Å². The van der Waals surface area contributed by atoms with Gasteiger partial charge in [-0.25, -0.2) is 4.79 Å². The number of carboxylic acid groups (broad SMARTS) is 2. The highest BCUT2D eigenvalue weighted by atomic mass is 16.4. The van der Waals surface area contributed by atoms with Crippen molar-refractivity contribution in [3.8, 4) is 0 Å². The van der Waals surface area contributed by atoms with Gasteiger partial charge in [-0.3, -0.25) is 19.2 Å². The van der Waals surface area contributed by atoms with Gasteiger partial charge in [0.1, 0.15) is 18.1 Å². The topological polar surface area (TPSA) is 188 Å². The van der Waals surface area contributed by atoms with Gasteiger partial charge in [-0.2, -0.15) is 0 Å². The Morgan fingerprint density at radius 2 is 1.44 bits per heavy atom. The summed E-state index contributed by atoms with van der Waals surface area (Å²) in [5.41, 5.74) is 6.58. The molecule has 0 fully saturated rings. The number of rotatable bonds is 15. The fourth-order valence-corrected chi connectivity index (χ4v) is 3.37. The van der Waals surface area contributed by atoms with Crippen LogP contribution in [0.25, 0.3) is 0 Å². The largest absolute Gasteiger partial charge is 0.481 e. The molecule has 0 aliphatic carbocycles. The fourth-order valence-electron chi connectivity index (χ4n) is 3.37. The van der Waals surface area contributed by atoms with Crippen LogP contribution in [0.1, 0.15) is 52.5 Å². The van der Waals surface area contributed by atoms with Crippen LogP contribution in [0, 0.1) is 11.8 Å². The van der Waals surface area contributed by atoms with E-state index in [0.717, 1.165) is 0 Å². The van der Waals surface area contributed by atoms with E-state index in [1.807, 2.05) is 6.92 Å². The minimum atomic E-state index is -1.33. The first-order valence-electron chi connectivity index (χ1n) is 12.0. The number of hydrogen-bond donors (Lipinski definition) is 6. The molecule has 0 bridgehead atoms. The molecule has 11 nitrogen and oxygen atoms in total. The van der Waals surface area contributed by atoms with Crippen LogP contribution in [-0.4, -0.2) is 64.0 Å². The summed E-state index contributed by atoms with van der Waals surface area (Å²) in [5, 5.41) is 26.2. The first-order chi connectivity index (χ1) is 16.9. The van der Waals surface area contributed by atoms with Crippen molar-refractivity contribution >= 4 is 29.7 Å². The lowest BCUT2D eigenvalue weighted by Crippen LogP contribution is -2.59. The minimum Gasteiger partial charge on any atom is -0.481 e. The number of carboxylic acids is 2. The molecule has 200 valence electrons. The van der Waals surface area contributed by atoms with Gasteiger partial charge in [-0.05, 0) is 23.8 Å². The van der Waals surface area contributed by atoms with Gasteiger partial charge in [0.05, 0.1) is 6.04 Å². The van der Waals surface area contributed by atoms with Gasteiger partial charge < -0.3 is 31.9 Å². The minimum absolute atomic E-state index is 0.000151. The number of amides is 3. The molecule has 0 saturated carbocycles. The van der Waals surface area contributed by atoms with Crippen LogP contribution >= 0.6 is 0 Å². The van der Waals surface area contributed by atoms with E-state index < -0.39 is 60.2 Å². The number of nitrogens with two attached hydrogens (primary N) is 1. The van der Waals surface area contributed by atoms with Crippen LogP contribution in [-0.2, 0) is 30.4 Å². The average molecular weight is 507 g/mol. The van der Waals surface area contributed by atoms with E-state index in [2.05, 4.69) is 16.0 Å². The Balaban J connectivity index is 3.07. The molecular weight excluding hydrogens is 468 g/mol. The second kappa shape index (κ2) is 14.8. The molecule has 0 saturated heterocycles. The van der Waals surface area contributed by atoms with Crippen molar-refractivity contribution in [2.24, 2.45) is 17.6 Å². The van der Waals surface area contributed by atoms with E-state index in [0.29, 0.717) is 12.0 Å². The van der Waals surface area contributed by atoms with Crippen molar-refractivity contribution in [3.05, 3.63) is 35.9 Å². The van der Waals surface area contributed by atoms with Crippen LogP contribution in [0.15, 0.2) is 30.3 Å². The van der Waals surface area contributed by atoms with Gasteiger partial charge in [0.2, 0.25) is 17.7 Å². The lowest BCUT2D eigenvalue weighted by molar-refractivity contribution is -0.143. The molecule has 0 heterocycles. The van der Waals surface area contributed by atoms with Crippen molar-refractivity contribution in [1.82, 2.24) is 16.0 Å². The Bertz CT molecular complexity index is 907. The standard InChI is InChI=1S/C25H38N4O7/c1-5-15(4)21(29-23(33)20(26)14(2)3)24(34)27-17(11-12-19(30)31)22(32)28-18(25(35)36)13-16-9-7-6-8-10-16/h6-10,14-15,17-18,20-21H,5,11-13,26H2,1-4H3,(H,27,34)(H,28,32)(H,29,33)(H,30,31)(H,35,36). The van der Waals surface area contributed by atoms with Gasteiger partial charge in [0.15, 0.2) is 0 Å². The molecule has 1 aromatic rings. The van der Waals surface area contributed by atoms with E-state index in [1.165, 1.54) is 0 Å². The third kappa shape index (κ3) is 10.0. The van der Waals surface area contributed by atoms with E-state index in [4.69, 9.17) is 10.8 Å². The molecule has 1 rings (SSSR count). The Morgan fingerprint density at radius 1 is 0.861 bits per heavy atom. The highest BCUT2D eigenvalue weighted by Crippen LogP contribution is 2.11. The van der Waals surface area contributed by atoms with Crippen LogP contribution < -0.4 is 21.7 Å². The summed E-state index contributed by atoms with van der Waals surface area (Å²) in [5.74, 6) is -4.99. The van der Waals surface area contributed by atoms with Gasteiger partial charge in [-0.1, -0.05) is 64.4 Å². The molecule has 5 atom stereocenters. The second-order valence-electron chi connectivity index (χ2n) is 9.22. The van der Waals surface area contributed by atoms with Gasteiger partial charge in [0.25, 0.3) is 0 Å². The first kappa shape index (κ1) is 30.6. The number of hydrogen-bond acceptors (Lipinski definition) is 6. The van der Waals surface area contributed by atoms with E-state index in [9.17, 15) is 29.1 Å². The number of carbonyl (C=O) groups excluding carboxylic acids is 3. The van der Waals surface area contributed by atoms with Gasteiger partial charge in [0, 0.05) is 12.8 Å². The predicted molar refractivity (Wildman–Crippen MR) is 133 cm³/mol. The average Bonchev–Trinajstić information content (AvgIpc) is 2.83. The smallest absolute Gasteiger partial charge is 0.326 e. The maximum absolute atomic E-state index is 13.1. The van der Waals surface area contributed by atoms with Crippen molar-refractivity contribution in [3.63, 3.8) is 0 Å². The third-order valence-electron chi connectivity index (χ3n) is 5.99. The highest BCUT2D eigenvalue weighted by molar-refractivity contribution is 5.94. The molecule has 0 aromatic heterocycles. The lowest BCUT2D eigenvalue weighted by atomic mass is 9.96. The molecule has 11 heteroatoms. The van der Waals surface area contributed by atoms with Crippen LogP contribution in [0.2, 0.25) is 0 Å². The molecule has 0 aliphatic heterocycles. The van der Waals surface area contributed by atoms with Crippen molar-refractivity contribution in [2.75, 3.05) is 0 Å². The zero-order chi connectivity index (χ0) is 27.4. The van der Waals surface area contributed by atoms with Crippen molar-refractivity contribution in [2.45, 2.75) is 77.5 Å². The van der Waals surface area contributed by atoms with Gasteiger partial charge in [-0.15, -0.1) is 0 Å². The summed E-state index contributed by atoms with van der Waals surface area (Å²) < 4.78 is 0. The maximum Gasteiger partial charge on any atom is 0.326 e. The van der Waals surface area contributed by atoms with Crippen molar-refractivity contribution < 1.29 is 34.2 Å². The van der Waals surface area contributed by atoms with Crippen LogP contribution in [0.3, 0.4) is 0 Å². The zero-order valence-corrected chi connectivity index (χ0v) is 21.2. The molecular formula is C25H38N4O7. The normalized spacial score (nSPS) is 15.2. The third-order valence-corrected chi connectivity index (χ3v) is 5.99. The van der Waals surface area contributed by atoms with Crippen molar-refractivity contribution in [1.29, 1.82) is 0 Å². The predicted octanol–water partition coefficient (Wildman–Crippen LogP) is 0.662. The zero-order valence-electron chi connectivity index (χ0n) is 21.2. The molecule has 0 radical (unpaired) electrons. The monoisotopic (exact) mass is 506 g/mol. The molecule has 3 amide bonds. The summed E-state index contributed by atoms with van der Waals surface area (Å²) in [7, 11) is 0. The summed E-state index contributed by atoms with van der Waals surface area (Å²) in [6, 6.07) is 4.19. The molecule has 0 spiro atoms. The Hall–Kier alpha value is -3.47. The first-order valence-corrected chi connectivity index (χ1v) is 12.0. The van der Waals surface area contributed by atoms with Crippen LogP contribution in [0.4, 0.5) is 0 Å². The lowest BCUT2D eigenvalue weighted by Gasteiger charge is -2.28. The van der Waals surface area contributed by atoms with E-state index in [1.54, 1.807) is 51.1 Å². The SMILES string of the molecule is CCC(C)C(NC(=O)C(N)C(C)C)C(=O)NC(CCC(=O)O)C(=O)NC(Cc1ccccc1)C(=O)O. The molecule has 5 unspecified atom stereocenters. The Labute approximate surface area is 211 Å². The summed E-state index contributed by atoms with van der Waals surface area (Å²) in [6.45, 7) is 7.11. The number of carbonyl (C=O) groups is 5. The van der Waals surface area contributed by atoms with Gasteiger partial charge >= 0.3 is 11.9 Å². The highest BCUT2D eigenvalue weighted by Gasteiger charge is 2.33. The Kier molecular flexibility index (Phi) is 12.6. The Morgan fingerprint density at radius 3 is 1.94 bits per heavy atom. The molecule has 36 heavy (non-hydrogen) atoms. The number of nitrogens with one attached hydrogen (secondary N) is 3. The second-order valence-corrected chi connectivity index (χ2v) is 9.22. The number of benzene rings is 1. The quantitative estimate of drug-likeness (QED) is 0.200. The molecule has 7 N–H and O–H groups in total. The summed E-state index contributed by atoms with van der Waals surface area (Å²) in [6.07, 6.45) is -0.176. The molecule has 1 aromatic carbocycles.